The fourth-order valence-corrected chi connectivity index (χ4v) is 4.02. The fraction of sp³-hybridized carbons (Fsp3) is 1.00. The Hall–Kier alpha value is -0.120. The van der Waals surface area contributed by atoms with Gasteiger partial charge in [0.2, 0.25) is 0 Å². The number of methoxy groups -OCH3 is 1. The Morgan fingerprint density at radius 1 is 1.15 bits per heavy atom. The van der Waals surface area contributed by atoms with Crippen LogP contribution in [0.5, 0.6) is 0 Å². The fourth-order valence-electron chi connectivity index (χ4n) is 4.02. The van der Waals surface area contributed by atoms with Crippen molar-refractivity contribution in [3.05, 3.63) is 0 Å². The van der Waals surface area contributed by atoms with E-state index in [0.717, 1.165) is 12.5 Å². The highest BCUT2D eigenvalue weighted by molar-refractivity contribution is 4.87. The molecule has 0 aromatic heterocycles. The molecule has 1 aliphatic carbocycles. The first-order chi connectivity index (χ1) is 9.72. The van der Waals surface area contributed by atoms with Crippen molar-refractivity contribution in [1.82, 2.24) is 10.2 Å². The summed E-state index contributed by atoms with van der Waals surface area (Å²) in [5, 5.41) is 3.83. The molecule has 118 valence electrons. The van der Waals surface area contributed by atoms with E-state index in [2.05, 4.69) is 24.1 Å². The number of hydrogen-bond donors (Lipinski definition) is 1. The molecular weight excluding hydrogens is 248 g/mol. The molecule has 1 N–H and O–H groups in total. The van der Waals surface area contributed by atoms with Crippen LogP contribution in [0, 0.1) is 11.8 Å². The molecule has 0 bridgehead atoms. The number of rotatable bonds is 5. The maximum absolute atomic E-state index is 5.48. The van der Waals surface area contributed by atoms with E-state index < -0.39 is 0 Å². The van der Waals surface area contributed by atoms with E-state index in [1.807, 2.05) is 7.11 Å². The predicted molar refractivity (Wildman–Crippen MR) is 85.1 cm³/mol. The molecule has 3 heteroatoms. The van der Waals surface area contributed by atoms with Gasteiger partial charge in [-0.2, -0.15) is 0 Å². The van der Waals surface area contributed by atoms with Crippen LogP contribution in [0.2, 0.25) is 0 Å². The van der Waals surface area contributed by atoms with Gasteiger partial charge in [-0.05, 0) is 44.2 Å². The predicted octanol–water partition coefficient (Wildman–Crippen LogP) is 2.90. The van der Waals surface area contributed by atoms with Crippen molar-refractivity contribution in [3.8, 4) is 0 Å². The van der Waals surface area contributed by atoms with E-state index in [1.165, 1.54) is 58.2 Å². The molecule has 1 heterocycles. The molecular formula is C17H34N2O. The Bertz CT molecular complexity index is 264. The molecule has 3 nitrogen and oxygen atoms in total. The zero-order valence-corrected chi connectivity index (χ0v) is 13.7. The third kappa shape index (κ3) is 4.44. The van der Waals surface area contributed by atoms with Gasteiger partial charge in [0.15, 0.2) is 0 Å². The number of hydrogen-bond acceptors (Lipinski definition) is 3. The van der Waals surface area contributed by atoms with Crippen LogP contribution in [-0.4, -0.2) is 50.3 Å². The topological polar surface area (TPSA) is 24.5 Å². The summed E-state index contributed by atoms with van der Waals surface area (Å²) in [6.07, 6.45) is 8.47. The maximum atomic E-state index is 5.48. The lowest BCUT2D eigenvalue weighted by Gasteiger charge is -2.37. The van der Waals surface area contributed by atoms with Crippen LogP contribution in [0.4, 0.5) is 0 Å². The van der Waals surface area contributed by atoms with Gasteiger partial charge in [0.05, 0.1) is 6.61 Å². The minimum absolute atomic E-state index is 0.575. The number of nitrogens with zero attached hydrogens (tertiary/aromatic N) is 1. The van der Waals surface area contributed by atoms with Crippen LogP contribution in [0.1, 0.15) is 52.4 Å². The summed E-state index contributed by atoms with van der Waals surface area (Å²) in [4.78, 5) is 2.70. The highest BCUT2D eigenvalue weighted by Gasteiger charge is 2.30. The monoisotopic (exact) mass is 282 g/mol. The van der Waals surface area contributed by atoms with Crippen LogP contribution >= 0.6 is 0 Å². The summed E-state index contributed by atoms with van der Waals surface area (Å²) in [5.41, 5.74) is 0. The molecule has 1 saturated heterocycles. The van der Waals surface area contributed by atoms with Gasteiger partial charge >= 0.3 is 0 Å². The minimum Gasteiger partial charge on any atom is -0.383 e. The second-order valence-electron chi connectivity index (χ2n) is 7.07. The van der Waals surface area contributed by atoms with Gasteiger partial charge in [0, 0.05) is 25.7 Å². The van der Waals surface area contributed by atoms with E-state index >= 15 is 0 Å². The van der Waals surface area contributed by atoms with Gasteiger partial charge in [-0.15, -0.1) is 0 Å². The maximum Gasteiger partial charge on any atom is 0.0620 e. The minimum atomic E-state index is 0.575. The van der Waals surface area contributed by atoms with Crippen LogP contribution in [0.15, 0.2) is 0 Å². The molecule has 2 fully saturated rings. The van der Waals surface area contributed by atoms with Crippen molar-refractivity contribution >= 4 is 0 Å². The molecule has 0 amide bonds. The molecule has 0 aromatic rings. The summed E-state index contributed by atoms with van der Waals surface area (Å²) in [7, 11) is 1.84. The van der Waals surface area contributed by atoms with Crippen molar-refractivity contribution in [2.75, 3.05) is 33.4 Å². The highest BCUT2D eigenvalue weighted by Crippen LogP contribution is 2.28. The van der Waals surface area contributed by atoms with Crippen molar-refractivity contribution in [1.29, 1.82) is 0 Å². The Morgan fingerprint density at radius 3 is 2.55 bits per heavy atom. The molecule has 2 unspecified atom stereocenters. The van der Waals surface area contributed by atoms with E-state index in [0.29, 0.717) is 18.0 Å². The van der Waals surface area contributed by atoms with E-state index in [4.69, 9.17) is 4.74 Å². The Kier molecular flexibility index (Phi) is 6.79. The first-order valence-electron chi connectivity index (χ1n) is 8.68. The van der Waals surface area contributed by atoms with Gasteiger partial charge < -0.3 is 10.1 Å². The average molecular weight is 282 g/mol. The average Bonchev–Trinajstić information content (AvgIpc) is 2.71. The molecule has 1 saturated carbocycles. The lowest BCUT2D eigenvalue weighted by molar-refractivity contribution is 0.0572. The standard InChI is InChI=1S/C17H34N2O/c1-14(2)17(13-20-3)19-11-7-10-18-16(12-19)15-8-5-4-6-9-15/h14-18H,4-13H2,1-3H3. The van der Waals surface area contributed by atoms with Crippen molar-refractivity contribution < 1.29 is 4.74 Å². The SMILES string of the molecule is COCC(C(C)C)N1CCCNC(C2CCCCC2)C1. The third-order valence-electron chi connectivity index (χ3n) is 5.25. The highest BCUT2D eigenvalue weighted by atomic mass is 16.5. The van der Waals surface area contributed by atoms with Crippen molar-refractivity contribution in [2.24, 2.45) is 11.8 Å². The molecule has 1 aliphatic heterocycles. The van der Waals surface area contributed by atoms with E-state index in [-0.39, 0.29) is 0 Å². The largest absolute Gasteiger partial charge is 0.383 e. The Morgan fingerprint density at radius 2 is 1.90 bits per heavy atom. The zero-order valence-electron chi connectivity index (χ0n) is 13.7. The van der Waals surface area contributed by atoms with Crippen LogP contribution in [-0.2, 0) is 4.74 Å². The van der Waals surface area contributed by atoms with Gasteiger partial charge in [-0.1, -0.05) is 33.1 Å². The lowest BCUT2D eigenvalue weighted by atomic mass is 9.83. The summed E-state index contributed by atoms with van der Waals surface area (Å²) >= 11 is 0. The summed E-state index contributed by atoms with van der Waals surface area (Å²) in [6.45, 7) is 9.17. The lowest BCUT2D eigenvalue weighted by Crippen LogP contribution is -2.49. The Labute approximate surface area is 125 Å². The summed E-state index contributed by atoms with van der Waals surface area (Å²) in [5.74, 6) is 1.57. The first-order valence-corrected chi connectivity index (χ1v) is 8.68. The molecule has 0 aromatic carbocycles. The van der Waals surface area contributed by atoms with E-state index in [9.17, 15) is 0 Å². The normalized spacial score (nSPS) is 28.5. The molecule has 2 rings (SSSR count). The smallest absolute Gasteiger partial charge is 0.0620 e. The Balaban J connectivity index is 1.97. The molecule has 0 spiro atoms. The summed E-state index contributed by atoms with van der Waals surface area (Å²) in [6, 6.07) is 1.28. The van der Waals surface area contributed by atoms with Crippen LogP contribution in [0.3, 0.4) is 0 Å². The van der Waals surface area contributed by atoms with Gasteiger partial charge in [0.25, 0.3) is 0 Å². The molecule has 2 aliphatic rings. The van der Waals surface area contributed by atoms with Crippen molar-refractivity contribution in [3.63, 3.8) is 0 Å². The van der Waals surface area contributed by atoms with Crippen molar-refractivity contribution in [2.45, 2.75) is 64.5 Å². The van der Waals surface area contributed by atoms with Crippen LogP contribution < -0.4 is 5.32 Å². The quantitative estimate of drug-likeness (QED) is 0.839. The molecule has 0 radical (unpaired) electrons. The zero-order chi connectivity index (χ0) is 14.4. The summed E-state index contributed by atoms with van der Waals surface area (Å²) < 4.78 is 5.48. The second kappa shape index (κ2) is 8.35. The number of ether oxygens (including phenoxy) is 1. The van der Waals surface area contributed by atoms with Crippen LogP contribution in [0.25, 0.3) is 0 Å². The van der Waals surface area contributed by atoms with E-state index in [1.54, 1.807) is 0 Å². The second-order valence-corrected chi connectivity index (χ2v) is 7.07. The van der Waals surface area contributed by atoms with Gasteiger partial charge in [0.1, 0.15) is 0 Å². The first kappa shape index (κ1) is 16.3. The molecule has 20 heavy (non-hydrogen) atoms. The molecule has 2 atom stereocenters. The number of nitrogens with one attached hydrogen (secondary N) is 1. The van der Waals surface area contributed by atoms with Gasteiger partial charge in [-0.25, -0.2) is 0 Å². The third-order valence-corrected chi connectivity index (χ3v) is 5.25. The van der Waals surface area contributed by atoms with Gasteiger partial charge in [-0.3, -0.25) is 4.90 Å².